The zero-order valence-electron chi connectivity index (χ0n) is 15.9. The maximum absolute atomic E-state index is 12.6. The number of nitrogens with zero attached hydrogens (tertiary/aromatic N) is 3. The molecule has 0 spiro atoms. The van der Waals surface area contributed by atoms with Gasteiger partial charge in [-0.1, -0.05) is 18.2 Å². The summed E-state index contributed by atoms with van der Waals surface area (Å²) in [7, 11) is 0. The zero-order valence-corrected chi connectivity index (χ0v) is 15.9. The molecule has 4 aromatic rings. The molecule has 158 valence electrons. The Balaban J connectivity index is 1.68. The maximum atomic E-state index is 12.6. The summed E-state index contributed by atoms with van der Waals surface area (Å²) >= 11 is 0. The van der Waals surface area contributed by atoms with Gasteiger partial charge in [0.25, 0.3) is 5.91 Å². The van der Waals surface area contributed by atoms with Crippen molar-refractivity contribution in [1.29, 1.82) is 0 Å². The van der Waals surface area contributed by atoms with Gasteiger partial charge in [-0.2, -0.15) is 13.2 Å². The van der Waals surface area contributed by atoms with E-state index in [2.05, 4.69) is 10.3 Å². The SMILES string of the molecule is O=C(Nc1ccc[n+](O)c1)c1cn2cccc(-c3ccccc3OCC(F)(F)F)c2n1. The lowest BCUT2D eigenvalue weighted by molar-refractivity contribution is -0.904. The number of anilines is 1. The van der Waals surface area contributed by atoms with Crippen LogP contribution in [0, 0.1) is 0 Å². The fraction of sp³-hybridized carbons (Fsp3) is 0.0952. The molecule has 0 aliphatic carbocycles. The van der Waals surface area contributed by atoms with E-state index in [4.69, 9.17) is 4.74 Å². The summed E-state index contributed by atoms with van der Waals surface area (Å²) in [5.41, 5.74) is 1.75. The number of hydrogen-bond donors (Lipinski definition) is 2. The van der Waals surface area contributed by atoms with Crippen molar-refractivity contribution in [2.24, 2.45) is 0 Å². The Hall–Kier alpha value is -4.08. The number of hydrogen-bond acceptors (Lipinski definition) is 4. The Labute approximate surface area is 173 Å². The number of rotatable bonds is 5. The van der Waals surface area contributed by atoms with Gasteiger partial charge < -0.3 is 14.5 Å². The molecular weight excluding hydrogens is 413 g/mol. The van der Waals surface area contributed by atoms with Crippen LogP contribution in [-0.4, -0.2) is 33.3 Å². The van der Waals surface area contributed by atoms with Crippen LogP contribution in [0.25, 0.3) is 16.8 Å². The monoisotopic (exact) mass is 429 g/mol. The Morgan fingerprint density at radius 2 is 1.90 bits per heavy atom. The number of para-hydroxylation sites is 1. The molecule has 0 aliphatic rings. The molecule has 0 fully saturated rings. The van der Waals surface area contributed by atoms with Crippen LogP contribution in [0.15, 0.2) is 73.3 Å². The summed E-state index contributed by atoms with van der Waals surface area (Å²) in [5, 5.41) is 12.1. The molecule has 0 aliphatic heterocycles. The Morgan fingerprint density at radius 3 is 2.68 bits per heavy atom. The highest BCUT2D eigenvalue weighted by atomic mass is 19.4. The third kappa shape index (κ3) is 4.58. The van der Waals surface area contributed by atoms with Gasteiger partial charge in [0, 0.05) is 34.3 Å². The van der Waals surface area contributed by atoms with Gasteiger partial charge in [0.15, 0.2) is 6.61 Å². The van der Waals surface area contributed by atoms with Crippen molar-refractivity contribution in [1.82, 2.24) is 9.38 Å². The van der Waals surface area contributed by atoms with E-state index in [1.807, 2.05) is 0 Å². The van der Waals surface area contributed by atoms with Crippen molar-refractivity contribution in [2.75, 3.05) is 11.9 Å². The summed E-state index contributed by atoms with van der Waals surface area (Å²) in [5.74, 6) is -0.457. The van der Waals surface area contributed by atoms with Gasteiger partial charge in [-0.15, -0.1) is 0 Å². The van der Waals surface area contributed by atoms with Crippen LogP contribution in [0.5, 0.6) is 5.75 Å². The van der Waals surface area contributed by atoms with E-state index in [1.54, 1.807) is 53.1 Å². The first-order chi connectivity index (χ1) is 14.8. The van der Waals surface area contributed by atoms with Crippen LogP contribution in [0.4, 0.5) is 18.9 Å². The smallest absolute Gasteiger partial charge is 0.422 e. The third-order valence-electron chi connectivity index (χ3n) is 4.33. The number of carbonyl (C=O) groups excluding carboxylic acids is 1. The molecular formula is C21H16F3N4O3+. The van der Waals surface area contributed by atoms with Gasteiger partial charge in [0.05, 0.1) is 0 Å². The quantitative estimate of drug-likeness (QED) is 0.374. The van der Waals surface area contributed by atoms with Crippen LogP contribution < -0.4 is 14.8 Å². The number of halogens is 3. The molecule has 0 saturated carbocycles. The number of benzene rings is 1. The number of carbonyl (C=O) groups is 1. The average Bonchev–Trinajstić information content (AvgIpc) is 3.17. The second-order valence-corrected chi connectivity index (χ2v) is 6.61. The predicted molar refractivity (Wildman–Crippen MR) is 104 cm³/mol. The van der Waals surface area contributed by atoms with Crippen molar-refractivity contribution in [2.45, 2.75) is 6.18 Å². The number of pyridine rings is 2. The summed E-state index contributed by atoms with van der Waals surface area (Å²) in [6.45, 7) is -1.42. The minimum absolute atomic E-state index is 0.0544. The summed E-state index contributed by atoms with van der Waals surface area (Å²) < 4.78 is 45.2. The first kappa shape index (κ1) is 20.2. The van der Waals surface area contributed by atoms with Crippen LogP contribution in [0.3, 0.4) is 0 Å². The Morgan fingerprint density at radius 1 is 1.13 bits per heavy atom. The molecule has 31 heavy (non-hydrogen) atoms. The first-order valence-corrected chi connectivity index (χ1v) is 9.09. The van der Waals surface area contributed by atoms with Gasteiger partial charge >= 0.3 is 6.18 Å². The molecule has 1 aromatic carbocycles. The lowest BCUT2D eigenvalue weighted by Gasteiger charge is -2.13. The van der Waals surface area contributed by atoms with E-state index in [0.29, 0.717) is 22.5 Å². The van der Waals surface area contributed by atoms with Crippen molar-refractivity contribution in [3.63, 3.8) is 0 Å². The molecule has 3 aromatic heterocycles. The molecule has 0 bridgehead atoms. The lowest BCUT2D eigenvalue weighted by Crippen LogP contribution is -2.29. The minimum atomic E-state index is -4.47. The molecule has 0 radical (unpaired) electrons. The number of nitrogens with one attached hydrogen (secondary N) is 1. The van der Waals surface area contributed by atoms with Gasteiger partial charge in [-0.25, -0.2) is 4.98 Å². The molecule has 7 nitrogen and oxygen atoms in total. The fourth-order valence-corrected chi connectivity index (χ4v) is 3.04. The zero-order chi connectivity index (χ0) is 22.0. The number of aromatic nitrogens is 3. The van der Waals surface area contributed by atoms with E-state index in [1.165, 1.54) is 24.7 Å². The van der Waals surface area contributed by atoms with E-state index in [9.17, 15) is 23.2 Å². The number of alkyl halides is 3. The number of amides is 1. The minimum Gasteiger partial charge on any atom is -0.483 e. The molecule has 0 saturated heterocycles. The second-order valence-electron chi connectivity index (χ2n) is 6.61. The van der Waals surface area contributed by atoms with Crippen molar-refractivity contribution >= 4 is 17.2 Å². The first-order valence-electron chi connectivity index (χ1n) is 9.09. The van der Waals surface area contributed by atoms with Crippen molar-refractivity contribution in [3.05, 3.63) is 79.0 Å². The highest BCUT2D eigenvalue weighted by molar-refractivity contribution is 6.03. The van der Waals surface area contributed by atoms with Crippen LogP contribution in [-0.2, 0) is 0 Å². The molecule has 1 amide bonds. The summed E-state index contributed by atoms with van der Waals surface area (Å²) in [4.78, 5) is 17.0. The van der Waals surface area contributed by atoms with E-state index in [0.717, 1.165) is 4.73 Å². The standard InChI is InChI=1S/C21H15F3N4O3/c22-21(23,24)13-31-18-8-2-1-6-15(18)16-7-4-9-27-12-17(26-19(16)27)20(29)25-14-5-3-10-28(30)11-14/h1-12H,13H2,(H-,25,29,30)/p+1. The van der Waals surface area contributed by atoms with Crippen molar-refractivity contribution in [3.8, 4) is 16.9 Å². The second kappa shape index (κ2) is 7.98. The van der Waals surface area contributed by atoms with Gasteiger partial charge in [0.2, 0.25) is 12.4 Å². The molecule has 4 rings (SSSR count). The number of fused-ring (bicyclic) bond motifs is 1. The molecule has 0 unspecified atom stereocenters. The predicted octanol–water partition coefficient (Wildman–Crippen LogP) is 3.72. The van der Waals surface area contributed by atoms with Crippen LogP contribution >= 0.6 is 0 Å². The van der Waals surface area contributed by atoms with Gasteiger partial charge in [-0.3, -0.25) is 10.0 Å². The number of ether oxygens (including phenoxy) is 1. The summed E-state index contributed by atoms with van der Waals surface area (Å²) in [6, 6.07) is 12.8. The Kier molecular flexibility index (Phi) is 5.20. The molecule has 2 N–H and O–H groups in total. The topological polar surface area (TPSA) is 79.7 Å². The van der Waals surface area contributed by atoms with E-state index in [-0.39, 0.29) is 11.4 Å². The largest absolute Gasteiger partial charge is 0.483 e. The van der Waals surface area contributed by atoms with Gasteiger partial charge in [0.1, 0.15) is 22.8 Å². The highest BCUT2D eigenvalue weighted by Gasteiger charge is 2.29. The van der Waals surface area contributed by atoms with Crippen molar-refractivity contribution < 1.29 is 32.6 Å². The Bertz CT molecular complexity index is 1250. The normalized spacial score (nSPS) is 11.5. The average molecular weight is 429 g/mol. The highest BCUT2D eigenvalue weighted by Crippen LogP contribution is 2.33. The molecule has 10 heteroatoms. The molecule has 0 atom stereocenters. The van der Waals surface area contributed by atoms with Crippen LogP contribution in [0.1, 0.15) is 10.5 Å². The van der Waals surface area contributed by atoms with E-state index < -0.39 is 18.7 Å². The van der Waals surface area contributed by atoms with Gasteiger partial charge in [-0.05, 0) is 24.3 Å². The number of imidazole rings is 1. The summed E-state index contributed by atoms with van der Waals surface area (Å²) in [6.07, 6.45) is 1.41. The maximum Gasteiger partial charge on any atom is 0.422 e. The van der Waals surface area contributed by atoms with Crippen LogP contribution in [0.2, 0.25) is 0 Å². The third-order valence-corrected chi connectivity index (χ3v) is 4.33. The molecule has 3 heterocycles. The fourth-order valence-electron chi connectivity index (χ4n) is 3.04. The lowest BCUT2D eigenvalue weighted by atomic mass is 10.1. The van der Waals surface area contributed by atoms with E-state index >= 15 is 0 Å².